The van der Waals surface area contributed by atoms with Gasteiger partial charge in [0.2, 0.25) is 0 Å². The second-order valence-electron chi connectivity index (χ2n) is 5.59. The lowest BCUT2D eigenvalue weighted by molar-refractivity contribution is 0.129. The molecular formula is C16H25NO. The number of nitrogens with one attached hydrogen (secondary N) is 1. The van der Waals surface area contributed by atoms with Crippen molar-refractivity contribution < 1.29 is 4.74 Å². The molecule has 1 aliphatic rings. The molecule has 100 valence electrons. The zero-order valence-electron chi connectivity index (χ0n) is 11.8. The first-order chi connectivity index (χ1) is 8.69. The molecule has 0 bridgehead atoms. The van der Waals surface area contributed by atoms with Crippen molar-refractivity contribution in [2.45, 2.75) is 51.7 Å². The quantitative estimate of drug-likeness (QED) is 0.870. The first-order valence-electron chi connectivity index (χ1n) is 7.13. The van der Waals surface area contributed by atoms with E-state index in [4.69, 9.17) is 4.74 Å². The summed E-state index contributed by atoms with van der Waals surface area (Å²) in [6.07, 6.45) is 5.48. The molecule has 1 saturated carbocycles. The molecule has 1 aromatic carbocycles. The smallest absolute Gasteiger partial charge is 0.120 e. The van der Waals surface area contributed by atoms with E-state index in [1.165, 1.54) is 31.2 Å². The van der Waals surface area contributed by atoms with Crippen molar-refractivity contribution in [2.24, 2.45) is 5.92 Å². The molecule has 2 nitrogen and oxygen atoms in total. The monoisotopic (exact) mass is 247 g/mol. The molecule has 0 saturated heterocycles. The second-order valence-corrected chi connectivity index (χ2v) is 5.59. The maximum absolute atomic E-state index is 6.13. The van der Waals surface area contributed by atoms with E-state index < -0.39 is 0 Å². The fraction of sp³-hybridized carbons (Fsp3) is 0.625. The topological polar surface area (TPSA) is 21.3 Å². The highest BCUT2D eigenvalue weighted by atomic mass is 16.5. The van der Waals surface area contributed by atoms with Crippen molar-refractivity contribution in [2.75, 3.05) is 7.05 Å². The zero-order valence-corrected chi connectivity index (χ0v) is 11.8. The summed E-state index contributed by atoms with van der Waals surface area (Å²) >= 11 is 0. The molecule has 0 aliphatic heterocycles. The van der Waals surface area contributed by atoms with Gasteiger partial charge in [0.05, 0.1) is 6.10 Å². The van der Waals surface area contributed by atoms with Gasteiger partial charge in [0.15, 0.2) is 0 Å². The van der Waals surface area contributed by atoms with E-state index in [1.807, 2.05) is 7.05 Å². The van der Waals surface area contributed by atoms with Crippen LogP contribution in [0.3, 0.4) is 0 Å². The van der Waals surface area contributed by atoms with Crippen molar-refractivity contribution >= 4 is 0 Å². The lowest BCUT2D eigenvalue weighted by Crippen LogP contribution is -2.24. The third kappa shape index (κ3) is 3.49. The minimum Gasteiger partial charge on any atom is -0.490 e. The van der Waals surface area contributed by atoms with Crippen LogP contribution in [0.25, 0.3) is 0 Å². The largest absolute Gasteiger partial charge is 0.490 e. The highest BCUT2D eigenvalue weighted by Gasteiger charge is 2.20. The van der Waals surface area contributed by atoms with Gasteiger partial charge in [-0.05, 0) is 56.8 Å². The predicted octanol–water partition coefficient (Wildman–Crippen LogP) is 3.92. The van der Waals surface area contributed by atoms with Crippen molar-refractivity contribution in [1.82, 2.24) is 5.32 Å². The van der Waals surface area contributed by atoms with E-state index in [2.05, 4.69) is 43.4 Å². The van der Waals surface area contributed by atoms with Crippen LogP contribution in [0.2, 0.25) is 0 Å². The average Bonchev–Trinajstić information content (AvgIpc) is 2.38. The maximum atomic E-state index is 6.13. The molecular weight excluding hydrogens is 222 g/mol. The lowest BCUT2D eigenvalue weighted by Gasteiger charge is -2.27. The van der Waals surface area contributed by atoms with Crippen LogP contribution in [-0.2, 0) is 0 Å². The molecule has 0 heterocycles. The van der Waals surface area contributed by atoms with E-state index in [0.29, 0.717) is 12.1 Å². The minimum atomic E-state index is 0.374. The molecule has 3 unspecified atom stereocenters. The molecule has 2 rings (SSSR count). The van der Waals surface area contributed by atoms with Crippen LogP contribution in [0.5, 0.6) is 5.75 Å². The van der Waals surface area contributed by atoms with Crippen molar-refractivity contribution in [3.8, 4) is 5.75 Å². The van der Waals surface area contributed by atoms with Gasteiger partial charge in [-0.25, -0.2) is 0 Å². The Balaban J connectivity index is 2.00. The normalized spacial score (nSPS) is 25.7. The van der Waals surface area contributed by atoms with E-state index in [0.717, 1.165) is 11.7 Å². The lowest BCUT2D eigenvalue weighted by atomic mass is 9.89. The Morgan fingerprint density at radius 2 is 2.17 bits per heavy atom. The summed E-state index contributed by atoms with van der Waals surface area (Å²) in [6.45, 7) is 4.50. The Hall–Kier alpha value is -1.02. The standard InChI is InChI=1S/C16H25NO/c1-12-6-4-8-15(10-12)18-16-9-5-7-14(11-16)13(2)17-3/h5,7,9,11-13,15,17H,4,6,8,10H2,1-3H3. The molecule has 0 spiro atoms. The Labute approximate surface area is 111 Å². The van der Waals surface area contributed by atoms with E-state index in [-0.39, 0.29) is 0 Å². The van der Waals surface area contributed by atoms with Crippen molar-refractivity contribution in [3.63, 3.8) is 0 Å². The summed E-state index contributed by atoms with van der Waals surface area (Å²) < 4.78 is 6.13. The maximum Gasteiger partial charge on any atom is 0.120 e. The average molecular weight is 247 g/mol. The molecule has 1 N–H and O–H groups in total. The van der Waals surface area contributed by atoms with Gasteiger partial charge in [0.1, 0.15) is 5.75 Å². The molecule has 0 aromatic heterocycles. The molecule has 1 aromatic rings. The number of ether oxygens (including phenoxy) is 1. The van der Waals surface area contributed by atoms with E-state index in [1.54, 1.807) is 0 Å². The van der Waals surface area contributed by atoms with E-state index >= 15 is 0 Å². The highest BCUT2D eigenvalue weighted by Crippen LogP contribution is 2.28. The van der Waals surface area contributed by atoms with Gasteiger partial charge in [0.25, 0.3) is 0 Å². The van der Waals surface area contributed by atoms with Gasteiger partial charge in [-0.1, -0.05) is 25.5 Å². The molecule has 0 radical (unpaired) electrons. The van der Waals surface area contributed by atoms with Gasteiger partial charge < -0.3 is 10.1 Å². The summed E-state index contributed by atoms with van der Waals surface area (Å²) in [6, 6.07) is 8.85. The predicted molar refractivity (Wildman–Crippen MR) is 76.0 cm³/mol. The first-order valence-corrected chi connectivity index (χ1v) is 7.13. The number of hydrogen-bond acceptors (Lipinski definition) is 2. The third-order valence-corrected chi connectivity index (χ3v) is 3.98. The van der Waals surface area contributed by atoms with Gasteiger partial charge in [-0.3, -0.25) is 0 Å². The number of rotatable bonds is 4. The Kier molecular flexibility index (Phi) is 4.65. The molecule has 18 heavy (non-hydrogen) atoms. The fourth-order valence-corrected chi connectivity index (χ4v) is 2.70. The highest BCUT2D eigenvalue weighted by molar-refractivity contribution is 5.30. The van der Waals surface area contributed by atoms with Gasteiger partial charge in [-0.15, -0.1) is 0 Å². The number of benzene rings is 1. The Morgan fingerprint density at radius 3 is 2.89 bits per heavy atom. The molecule has 2 heteroatoms. The Morgan fingerprint density at radius 1 is 1.33 bits per heavy atom. The van der Waals surface area contributed by atoms with Gasteiger partial charge in [-0.2, -0.15) is 0 Å². The van der Waals surface area contributed by atoms with Crippen LogP contribution >= 0.6 is 0 Å². The number of hydrogen-bond donors (Lipinski definition) is 1. The van der Waals surface area contributed by atoms with Crippen LogP contribution < -0.4 is 10.1 Å². The van der Waals surface area contributed by atoms with Crippen LogP contribution in [0.4, 0.5) is 0 Å². The molecule has 1 aliphatic carbocycles. The second kappa shape index (κ2) is 6.24. The van der Waals surface area contributed by atoms with Crippen LogP contribution in [-0.4, -0.2) is 13.2 Å². The first kappa shape index (κ1) is 13.4. The summed E-state index contributed by atoms with van der Waals surface area (Å²) in [4.78, 5) is 0. The van der Waals surface area contributed by atoms with Crippen LogP contribution in [0, 0.1) is 5.92 Å². The fourth-order valence-electron chi connectivity index (χ4n) is 2.70. The summed E-state index contributed by atoms with van der Waals surface area (Å²) in [5.74, 6) is 1.83. The minimum absolute atomic E-state index is 0.374. The van der Waals surface area contributed by atoms with E-state index in [9.17, 15) is 0 Å². The third-order valence-electron chi connectivity index (χ3n) is 3.98. The molecule has 0 amide bonds. The molecule has 1 fully saturated rings. The SMILES string of the molecule is CNC(C)c1cccc(OC2CCCC(C)C2)c1. The zero-order chi connectivity index (χ0) is 13.0. The summed E-state index contributed by atoms with van der Waals surface area (Å²) in [7, 11) is 1.99. The van der Waals surface area contributed by atoms with Crippen LogP contribution in [0.15, 0.2) is 24.3 Å². The van der Waals surface area contributed by atoms with Gasteiger partial charge >= 0.3 is 0 Å². The van der Waals surface area contributed by atoms with Crippen molar-refractivity contribution in [1.29, 1.82) is 0 Å². The summed E-state index contributed by atoms with van der Waals surface area (Å²) in [5, 5.41) is 3.26. The Bertz CT molecular complexity index is 377. The van der Waals surface area contributed by atoms with Crippen molar-refractivity contribution in [3.05, 3.63) is 29.8 Å². The van der Waals surface area contributed by atoms with Gasteiger partial charge in [0, 0.05) is 6.04 Å². The van der Waals surface area contributed by atoms with Crippen LogP contribution in [0.1, 0.15) is 51.1 Å². The molecule has 3 atom stereocenters. The summed E-state index contributed by atoms with van der Waals surface area (Å²) in [5.41, 5.74) is 1.29.